The zero-order chi connectivity index (χ0) is 13.8. The van der Waals surface area contributed by atoms with Crippen molar-refractivity contribution >= 4 is 5.97 Å². The van der Waals surface area contributed by atoms with Gasteiger partial charge in [-0.2, -0.15) is 0 Å². The van der Waals surface area contributed by atoms with E-state index >= 15 is 0 Å². The van der Waals surface area contributed by atoms with E-state index in [1.54, 1.807) is 0 Å². The third-order valence-electron chi connectivity index (χ3n) is 3.33. The van der Waals surface area contributed by atoms with Crippen LogP contribution < -0.4 is 0 Å². The molecule has 0 bridgehead atoms. The summed E-state index contributed by atoms with van der Waals surface area (Å²) >= 11 is 0. The molecule has 0 aromatic rings. The number of carbonyl (C=O) groups is 1. The lowest BCUT2D eigenvalue weighted by atomic mass is 10.00. The molecular formula is C15H24O3. The van der Waals surface area contributed by atoms with Crippen LogP contribution in [0.3, 0.4) is 0 Å². The Morgan fingerprint density at radius 3 is 2.44 bits per heavy atom. The lowest BCUT2D eigenvalue weighted by Gasteiger charge is -2.03. The van der Waals surface area contributed by atoms with Crippen molar-refractivity contribution in [3.63, 3.8) is 0 Å². The standard InChI is InChI=1S/C15H24O3/c1-11(2)7-5-8-12(3)9-6-10-15(4)13(18-15)14(16)17/h7,9,13H,5-6,8,10H2,1-4H3,(H,16,17)/b12-9+. The molecule has 3 nitrogen and oxygen atoms in total. The Morgan fingerprint density at radius 2 is 1.94 bits per heavy atom. The van der Waals surface area contributed by atoms with Crippen molar-refractivity contribution in [2.24, 2.45) is 0 Å². The van der Waals surface area contributed by atoms with Gasteiger partial charge in [-0.1, -0.05) is 23.3 Å². The molecule has 1 aliphatic rings. The Morgan fingerprint density at radius 1 is 1.28 bits per heavy atom. The maximum atomic E-state index is 10.7. The van der Waals surface area contributed by atoms with Crippen molar-refractivity contribution in [1.29, 1.82) is 0 Å². The van der Waals surface area contributed by atoms with Crippen LogP contribution >= 0.6 is 0 Å². The minimum absolute atomic E-state index is 0.442. The molecule has 1 rings (SSSR count). The second-order valence-electron chi connectivity index (χ2n) is 5.56. The first-order valence-corrected chi connectivity index (χ1v) is 6.55. The summed E-state index contributed by atoms with van der Waals surface area (Å²) in [6.45, 7) is 8.22. The highest BCUT2D eigenvalue weighted by atomic mass is 16.6. The second-order valence-corrected chi connectivity index (χ2v) is 5.56. The van der Waals surface area contributed by atoms with Crippen molar-refractivity contribution < 1.29 is 14.6 Å². The summed E-state index contributed by atoms with van der Waals surface area (Å²) in [7, 11) is 0. The fourth-order valence-electron chi connectivity index (χ4n) is 2.03. The van der Waals surface area contributed by atoms with Crippen LogP contribution in [0.2, 0.25) is 0 Å². The molecule has 18 heavy (non-hydrogen) atoms. The predicted octanol–water partition coefficient (Wildman–Crippen LogP) is 3.70. The smallest absolute Gasteiger partial charge is 0.335 e. The van der Waals surface area contributed by atoms with Gasteiger partial charge in [0, 0.05) is 0 Å². The van der Waals surface area contributed by atoms with Gasteiger partial charge >= 0.3 is 5.97 Å². The number of aliphatic carboxylic acids is 1. The number of carboxylic acids is 1. The third kappa shape index (κ3) is 4.65. The zero-order valence-electron chi connectivity index (χ0n) is 11.8. The zero-order valence-corrected chi connectivity index (χ0v) is 11.8. The first-order valence-electron chi connectivity index (χ1n) is 6.55. The topological polar surface area (TPSA) is 49.8 Å². The van der Waals surface area contributed by atoms with Crippen molar-refractivity contribution in [3.05, 3.63) is 23.3 Å². The van der Waals surface area contributed by atoms with E-state index in [2.05, 4.69) is 32.9 Å². The number of hydrogen-bond acceptors (Lipinski definition) is 2. The molecule has 2 unspecified atom stereocenters. The highest BCUT2D eigenvalue weighted by Gasteiger charge is 2.56. The Hall–Kier alpha value is -1.09. The van der Waals surface area contributed by atoms with Crippen molar-refractivity contribution in [3.8, 4) is 0 Å². The van der Waals surface area contributed by atoms with E-state index in [4.69, 9.17) is 9.84 Å². The molecule has 0 radical (unpaired) electrons. The highest BCUT2D eigenvalue weighted by Crippen LogP contribution is 2.40. The highest BCUT2D eigenvalue weighted by molar-refractivity contribution is 5.77. The van der Waals surface area contributed by atoms with Gasteiger partial charge in [-0.3, -0.25) is 0 Å². The summed E-state index contributed by atoms with van der Waals surface area (Å²) in [5.41, 5.74) is 2.28. The van der Waals surface area contributed by atoms with Crippen LogP contribution in [0.5, 0.6) is 0 Å². The summed E-state index contributed by atoms with van der Waals surface area (Å²) < 4.78 is 5.22. The van der Waals surface area contributed by atoms with Gasteiger partial charge in [0.1, 0.15) is 5.60 Å². The lowest BCUT2D eigenvalue weighted by Crippen LogP contribution is -2.16. The van der Waals surface area contributed by atoms with Gasteiger partial charge in [0.05, 0.1) is 0 Å². The van der Waals surface area contributed by atoms with Crippen LogP contribution in [-0.2, 0) is 9.53 Å². The average Bonchev–Trinajstić information content (AvgIpc) is 2.90. The number of allylic oxidation sites excluding steroid dienone is 4. The predicted molar refractivity (Wildman–Crippen MR) is 72.6 cm³/mol. The first kappa shape index (κ1) is 15.0. The van der Waals surface area contributed by atoms with E-state index in [1.165, 1.54) is 11.1 Å². The molecule has 1 heterocycles. The van der Waals surface area contributed by atoms with Crippen LogP contribution in [-0.4, -0.2) is 22.8 Å². The van der Waals surface area contributed by atoms with Gasteiger partial charge in [0.15, 0.2) is 6.10 Å². The Labute approximate surface area is 110 Å². The molecule has 0 aromatic carbocycles. The Bertz CT molecular complexity index is 364. The van der Waals surface area contributed by atoms with E-state index in [1.807, 2.05) is 6.92 Å². The summed E-state index contributed by atoms with van der Waals surface area (Å²) in [4.78, 5) is 10.7. The van der Waals surface area contributed by atoms with Crippen LogP contribution in [0.25, 0.3) is 0 Å². The number of epoxide rings is 1. The van der Waals surface area contributed by atoms with Gasteiger partial charge in [-0.25, -0.2) is 4.79 Å². The summed E-state index contributed by atoms with van der Waals surface area (Å²) in [5, 5.41) is 8.82. The van der Waals surface area contributed by atoms with Crippen molar-refractivity contribution in [2.45, 2.75) is 65.1 Å². The van der Waals surface area contributed by atoms with E-state index in [0.29, 0.717) is 0 Å². The monoisotopic (exact) mass is 252 g/mol. The molecule has 1 fully saturated rings. The first-order chi connectivity index (χ1) is 8.35. The van der Waals surface area contributed by atoms with E-state index in [9.17, 15) is 4.79 Å². The minimum Gasteiger partial charge on any atom is -0.479 e. The molecule has 1 aliphatic heterocycles. The molecule has 0 spiro atoms. The fourth-order valence-corrected chi connectivity index (χ4v) is 2.03. The molecular weight excluding hydrogens is 228 g/mol. The van der Waals surface area contributed by atoms with Crippen LogP contribution in [0.4, 0.5) is 0 Å². The van der Waals surface area contributed by atoms with Crippen LogP contribution in [0, 0.1) is 0 Å². The Balaban J connectivity index is 2.24. The van der Waals surface area contributed by atoms with Crippen molar-refractivity contribution in [2.75, 3.05) is 0 Å². The largest absolute Gasteiger partial charge is 0.479 e. The van der Waals surface area contributed by atoms with E-state index < -0.39 is 17.7 Å². The molecule has 0 aliphatic carbocycles. The number of hydrogen-bond donors (Lipinski definition) is 1. The molecule has 3 heteroatoms. The Kier molecular flexibility index (Phi) is 5.15. The lowest BCUT2D eigenvalue weighted by molar-refractivity contribution is -0.138. The summed E-state index contributed by atoms with van der Waals surface area (Å²) in [6, 6.07) is 0. The maximum Gasteiger partial charge on any atom is 0.335 e. The average molecular weight is 252 g/mol. The summed E-state index contributed by atoms with van der Waals surface area (Å²) in [6.07, 6.45) is 7.66. The van der Waals surface area contributed by atoms with Gasteiger partial charge in [-0.05, 0) is 53.4 Å². The molecule has 1 saturated heterocycles. The quantitative estimate of drug-likeness (QED) is 0.555. The third-order valence-corrected chi connectivity index (χ3v) is 3.33. The number of ether oxygens (including phenoxy) is 1. The SMILES string of the molecule is CC(C)=CCC/C(C)=C/CCC1(C)OC1C(=O)O. The molecule has 0 saturated carbocycles. The van der Waals surface area contributed by atoms with Crippen molar-refractivity contribution in [1.82, 2.24) is 0 Å². The van der Waals surface area contributed by atoms with E-state index in [0.717, 1.165) is 25.7 Å². The molecule has 0 aromatic heterocycles. The van der Waals surface area contributed by atoms with Crippen LogP contribution in [0.1, 0.15) is 53.4 Å². The van der Waals surface area contributed by atoms with Gasteiger partial charge in [-0.15, -0.1) is 0 Å². The van der Waals surface area contributed by atoms with Crippen LogP contribution in [0.15, 0.2) is 23.3 Å². The molecule has 1 N–H and O–H groups in total. The van der Waals surface area contributed by atoms with Gasteiger partial charge < -0.3 is 9.84 Å². The van der Waals surface area contributed by atoms with Gasteiger partial charge in [0.2, 0.25) is 0 Å². The minimum atomic E-state index is -0.846. The second kappa shape index (κ2) is 6.19. The number of carboxylic acid groups (broad SMARTS) is 1. The molecule has 102 valence electrons. The maximum absolute atomic E-state index is 10.7. The van der Waals surface area contributed by atoms with E-state index in [-0.39, 0.29) is 0 Å². The number of rotatable bonds is 7. The molecule has 2 atom stereocenters. The fraction of sp³-hybridized carbons (Fsp3) is 0.667. The van der Waals surface area contributed by atoms with Gasteiger partial charge in [0.25, 0.3) is 0 Å². The summed E-state index contributed by atoms with van der Waals surface area (Å²) in [5.74, 6) is -0.846. The molecule has 0 amide bonds. The normalized spacial score (nSPS) is 26.9.